The van der Waals surface area contributed by atoms with E-state index in [4.69, 9.17) is 14.2 Å². The minimum atomic E-state index is -0.635. The molecular formula is C29H24N2O5S. The number of hydrogen-bond donors (Lipinski definition) is 1. The van der Waals surface area contributed by atoms with Crippen LogP contribution in [-0.2, 0) is 16.1 Å². The minimum Gasteiger partial charge on any atom is -0.506 e. The van der Waals surface area contributed by atoms with Crippen LogP contribution in [0.4, 0.5) is 5.69 Å². The Hall–Kier alpha value is -4.48. The van der Waals surface area contributed by atoms with Gasteiger partial charge in [0.15, 0.2) is 11.5 Å². The zero-order valence-electron chi connectivity index (χ0n) is 20.3. The predicted molar refractivity (Wildman–Crippen MR) is 144 cm³/mol. The summed E-state index contributed by atoms with van der Waals surface area (Å²) >= 11 is 1.18. The third-order valence-electron chi connectivity index (χ3n) is 5.36. The molecule has 0 fully saturated rings. The summed E-state index contributed by atoms with van der Waals surface area (Å²) in [4.78, 5) is 17.6. The number of esters is 1. The topological polar surface area (TPSA) is 101 Å². The van der Waals surface area contributed by atoms with Crippen molar-refractivity contribution in [3.63, 3.8) is 0 Å². The average molecular weight is 513 g/mol. The molecule has 0 atom stereocenters. The van der Waals surface area contributed by atoms with Gasteiger partial charge < -0.3 is 19.3 Å². The number of aliphatic hydroxyl groups is 1. The minimum absolute atomic E-state index is 0.0324. The number of nitriles is 1. The highest BCUT2D eigenvalue weighted by molar-refractivity contribution is 8.18. The molecule has 1 aliphatic rings. The number of benzene rings is 3. The monoisotopic (exact) mass is 512 g/mol. The van der Waals surface area contributed by atoms with Crippen LogP contribution < -0.4 is 9.47 Å². The standard InChI is InChI=1S/C29H24N2O5S/c1-3-35-29(33)26-27(32)25(37-28(26)31-22-11-5-4-6-12-22)16-19-13-14-23(24(15-19)34-2)36-18-21-10-8-7-9-20(21)17-30/h4-16,32H,3,18H2,1-2H3/b25-16-,31-28?. The maximum Gasteiger partial charge on any atom is 0.344 e. The van der Waals surface area contributed by atoms with E-state index in [1.165, 1.54) is 18.9 Å². The molecule has 37 heavy (non-hydrogen) atoms. The second-order valence-corrected chi connectivity index (χ2v) is 8.81. The molecule has 0 saturated heterocycles. The molecular weight excluding hydrogens is 488 g/mol. The van der Waals surface area contributed by atoms with Crippen molar-refractivity contribution >= 4 is 34.5 Å². The second-order valence-electron chi connectivity index (χ2n) is 7.78. The fraction of sp³-hybridized carbons (Fsp3) is 0.138. The number of carbonyl (C=O) groups excluding carboxylic acids is 1. The third-order valence-corrected chi connectivity index (χ3v) is 6.38. The third kappa shape index (κ3) is 6.02. The first kappa shape index (κ1) is 25.6. The summed E-state index contributed by atoms with van der Waals surface area (Å²) in [5.41, 5.74) is 2.73. The quantitative estimate of drug-likeness (QED) is 0.352. The molecule has 3 aromatic carbocycles. The van der Waals surface area contributed by atoms with Gasteiger partial charge in [-0.3, -0.25) is 0 Å². The van der Waals surface area contributed by atoms with Crippen molar-refractivity contribution in [3.05, 3.63) is 106 Å². The molecule has 4 rings (SSSR count). The zero-order valence-corrected chi connectivity index (χ0v) is 21.1. The predicted octanol–water partition coefficient (Wildman–Crippen LogP) is 6.34. The Morgan fingerprint density at radius 2 is 1.84 bits per heavy atom. The van der Waals surface area contributed by atoms with Gasteiger partial charge in [0.2, 0.25) is 0 Å². The number of aliphatic hydroxyl groups excluding tert-OH is 1. The van der Waals surface area contributed by atoms with E-state index in [9.17, 15) is 15.2 Å². The number of aliphatic imine (C=N–C) groups is 1. The number of hydrogen-bond acceptors (Lipinski definition) is 8. The molecule has 0 saturated carbocycles. The highest BCUT2D eigenvalue weighted by Gasteiger charge is 2.33. The molecule has 0 spiro atoms. The highest BCUT2D eigenvalue weighted by Crippen LogP contribution is 2.41. The first-order chi connectivity index (χ1) is 18.0. The molecule has 3 aromatic rings. The number of nitrogens with zero attached hydrogens (tertiary/aromatic N) is 2. The number of para-hydroxylation sites is 1. The van der Waals surface area contributed by atoms with Gasteiger partial charge in [-0.2, -0.15) is 5.26 Å². The van der Waals surface area contributed by atoms with Crippen LogP contribution in [0, 0.1) is 11.3 Å². The molecule has 1 N–H and O–H groups in total. The number of carbonyl (C=O) groups is 1. The van der Waals surface area contributed by atoms with Gasteiger partial charge in [0.05, 0.1) is 35.9 Å². The van der Waals surface area contributed by atoms with Crippen LogP contribution in [-0.4, -0.2) is 29.8 Å². The van der Waals surface area contributed by atoms with E-state index in [1.807, 2.05) is 48.5 Å². The van der Waals surface area contributed by atoms with Gasteiger partial charge in [0.1, 0.15) is 23.0 Å². The Kier molecular flexibility index (Phi) is 8.29. The molecule has 1 heterocycles. The van der Waals surface area contributed by atoms with E-state index in [1.54, 1.807) is 37.3 Å². The molecule has 8 heteroatoms. The first-order valence-corrected chi connectivity index (χ1v) is 12.3. The molecule has 0 bridgehead atoms. The molecule has 1 aliphatic heterocycles. The lowest BCUT2D eigenvalue weighted by molar-refractivity contribution is -0.138. The lowest BCUT2D eigenvalue weighted by atomic mass is 10.1. The van der Waals surface area contributed by atoms with Crippen molar-refractivity contribution < 1.29 is 24.1 Å². The summed E-state index contributed by atoms with van der Waals surface area (Å²) in [6.07, 6.45) is 1.74. The van der Waals surface area contributed by atoms with Crippen molar-refractivity contribution in [2.75, 3.05) is 13.7 Å². The zero-order chi connectivity index (χ0) is 26.2. The van der Waals surface area contributed by atoms with Crippen LogP contribution in [0.5, 0.6) is 11.5 Å². The fourth-order valence-electron chi connectivity index (χ4n) is 3.57. The van der Waals surface area contributed by atoms with Gasteiger partial charge >= 0.3 is 5.97 Å². The van der Waals surface area contributed by atoms with Crippen LogP contribution in [0.1, 0.15) is 23.6 Å². The summed E-state index contributed by atoms with van der Waals surface area (Å²) in [5.74, 6) is 0.170. The molecule has 0 aromatic heterocycles. The van der Waals surface area contributed by atoms with Crippen LogP contribution in [0.3, 0.4) is 0 Å². The average Bonchev–Trinajstić information content (AvgIpc) is 3.22. The summed E-state index contributed by atoms with van der Waals surface area (Å²) in [6, 6.07) is 23.9. The molecule has 186 valence electrons. The van der Waals surface area contributed by atoms with Crippen LogP contribution in [0.15, 0.2) is 94.0 Å². The SMILES string of the molecule is CCOC(=O)C1=C(O)/C(=C/c2ccc(OCc3ccccc3C#N)c(OC)c2)SC1=Nc1ccccc1. The van der Waals surface area contributed by atoms with Gasteiger partial charge in [-0.1, -0.05) is 54.2 Å². The molecule has 0 amide bonds. The van der Waals surface area contributed by atoms with Crippen LogP contribution in [0.2, 0.25) is 0 Å². The maximum absolute atomic E-state index is 12.6. The lowest BCUT2D eigenvalue weighted by Gasteiger charge is -2.12. The molecule has 0 unspecified atom stereocenters. The first-order valence-electron chi connectivity index (χ1n) is 11.5. The van der Waals surface area contributed by atoms with E-state index < -0.39 is 5.97 Å². The van der Waals surface area contributed by atoms with Gasteiger partial charge in [-0.25, -0.2) is 9.79 Å². The van der Waals surface area contributed by atoms with Crippen molar-refractivity contribution in [2.45, 2.75) is 13.5 Å². The Labute approximate surface area is 219 Å². The Bertz CT molecular complexity index is 1440. The highest BCUT2D eigenvalue weighted by atomic mass is 32.2. The lowest BCUT2D eigenvalue weighted by Crippen LogP contribution is -2.12. The van der Waals surface area contributed by atoms with E-state index >= 15 is 0 Å². The molecule has 7 nitrogen and oxygen atoms in total. The number of ether oxygens (including phenoxy) is 3. The summed E-state index contributed by atoms with van der Waals surface area (Å²) in [5, 5.41) is 20.6. The summed E-state index contributed by atoms with van der Waals surface area (Å²) in [6.45, 7) is 2.09. The van der Waals surface area contributed by atoms with Gasteiger partial charge in [-0.15, -0.1) is 0 Å². The Morgan fingerprint density at radius 1 is 1.08 bits per heavy atom. The fourth-order valence-corrected chi connectivity index (χ4v) is 4.60. The Morgan fingerprint density at radius 3 is 2.57 bits per heavy atom. The smallest absolute Gasteiger partial charge is 0.344 e. The Balaban J connectivity index is 1.62. The van der Waals surface area contributed by atoms with E-state index in [0.717, 1.165) is 11.1 Å². The maximum atomic E-state index is 12.6. The number of methoxy groups -OCH3 is 1. The number of rotatable bonds is 8. The van der Waals surface area contributed by atoms with Gasteiger partial charge in [0.25, 0.3) is 0 Å². The van der Waals surface area contributed by atoms with Crippen molar-refractivity contribution in [2.24, 2.45) is 4.99 Å². The number of thioether (sulfide) groups is 1. The largest absolute Gasteiger partial charge is 0.506 e. The van der Waals surface area contributed by atoms with E-state index in [2.05, 4.69) is 11.1 Å². The van der Waals surface area contributed by atoms with Crippen molar-refractivity contribution in [1.82, 2.24) is 0 Å². The van der Waals surface area contributed by atoms with E-state index in [-0.39, 0.29) is 24.5 Å². The summed E-state index contributed by atoms with van der Waals surface area (Å²) in [7, 11) is 1.54. The van der Waals surface area contributed by atoms with E-state index in [0.29, 0.717) is 32.7 Å². The van der Waals surface area contributed by atoms with Crippen molar-refractivity contribution in [3.8, 4) is 17.6 Å². The molecule has 0 radical (unpaired) electrons. The van der Waals surface area contributed by atoms with Gasteiger partial charge in [0, 0.05) is 5.56 Å². The normalized spacial score (nSPS) is 15.1. The van der Waals surface area contributed by atoms with Crippen molar-refractivity contribution in [1.29, 1.82) is 5.26 Å². The van der Waals surface area contributed by atoms with Gasteiger partial charge in [-0.05, 0) is 48.9 Å². The molecule has 0 aliphatic carbocycles. The summed E-state index contributed by atoms with van der Waals surface area (Å²) < 4.78 is 16.6. The van der Waals surface area contributed by atoms with Crippen LogP contribution in [0.25, 0.3) is 6.08 Å². The second kappa shape index (κ2) is 12.0. The van der Waals surface area contributed by atoms with Crippen LogP contribution >= 0.6 is 11.8 Å².